The van der Waals surface area contributed by atoms with E-state index in [0.717, 1.165) is 0 Å². The largest absolute Gasteiger partial charge is 0.289 e. The Balaban J connectivity index is 1.85. The van der Waals surface area contributed by atoms with Crippen molar-refractivity contribution in [3.8, 4) is 0 Å². The molecule has 0 N–H and O–H groups in total. The Morgan fingerprint density at radius 1 is 0.667 bits per heavy atom. The monoisotopic (exact) mass is 338 g/mol. The van der Waals surface area contributed by atoms with E-state index >= 15 is 0 Å². The maximum atomic E-state index is 13.7. The van der Waals surface area contributed by atoms with Crippen LogP contribution in [-0.4, -0.2) is 11.6 Å². The number of hydrogen-bond donors (Lipinski definition) is 0. The summed E-state index contributed by atoms with van der Waals surface area (Å²) >= 11 is 5.81. The fourth-order valence-corrected chi connectivity index (χ4v) is 2.47. The lowest BCUT2D eigenvalue weighted by Gasteiger charge is -2.05. The molecule has 24 heavy (non-hydrogen) atoms. The normalized spacial score (nSPS) is 10.4. The van der Waals surface area contributed by atoms with Gasteiger partial charge in [-0.25, -0.2) is 4.39 Å². The first-order valence-corrected chi connectivity index (χ1v) is 7.63. The molecule has 0 amide bonds. The van der Waals surface area contributed by atoms with E-state index in [-0.39, 0.29) is 11.3 Å². The number of carbonyl (C=O) groups excluding carboxylic acids is 2. The molecule has 0 radical (unpaired) electrons. The number of rotatable bonds is 4. The van der Waals surface area contributed by atoms with Gasteiger partial charge in [0.15, 0.2) is 11.6 Å². The van der Waals surface area contributed by atoms with Gasteiger partial charge >= 0.3 is 0 Å². The summed E-state index contributed by atoms with van der Waals surface area (Å²) in [6.07, 6.45) is 0. The molecule has 3 rings (SSSR count). The van der Waals surface area contributed by atoms with E-state index in [9.17, 15) is 14.0 Å². The van der Waals surface area contributed by atoms with Crippen molar-refractivity contribution in [3.05, 3.63) is 106 Å². The zero-order valence-corrected chi connectivity index (χ0v) is 13.3. The summed E-state index contributed by atoms with van der Waals surface area (Å²) in [5.41, 5.74) is 1.29. The minimum atomic E-state index is -0.566. The average Bonchev–Trinajstić information content (AvgIpc) is 2.62. The quantitative estimate of drug-likeness (QED) is 0.631. The molecule has 3 aromatic rings. The maximum Gasteiger partial charge on any atom is 0.195 e. The molecule has 0 saturated heterocycles. The summed E-state index contributed by atoms with van der Waals surface area (Å²) < 4.78 is 13.7. The molecule has 3 aromatic carbocycles. The Labute approximate surface area is 143 Å². The van der Waals surface area contributed by atoms with Crippen molar-refractivity contribution in [3.63, 3.8) is 0 Å². The molecule has 0 spiro atoms. The zero-order chi connectivity index (χ0) is 17.1. The van der Waals surface area contributed by atoms with E-state index in [2.05, 4.69) is 0 Å². The molecule has 0 saturated carbocycles. The molecule has 0 aliphatic carbocycles. The molecule has 0 bridgehead atoms. The highest BCUT2D eigenvalue weighted by Crippen LogP contribution is 2.17. The van der Waals surface area contributed by atoms with E-state index in [0.29, 0.717) is 21.7 Å². The van der Waals surface area contributed by atoms with Crippen LogP contribution in [0.1, 0.15) is 31.8 Å². The minimum absolute atomic E-state index is 0.00859. The van der Waals surface area contributed by atoms with Gasteiger partial charge in [-0.3, -0.25) is 9.59 Å². The molecule has 0 aliphatic rings. The van der Waals surface area contributed by atoms with Crippen molar-refractivity contribution >= 4 is 23.2 Å². The van der Waals surface area contributed by atoms with E-state index in [1.807, 2.05) is 0 Å². The lowest BCUT2D eigenvalue weighted by molar-refractivity contribution is 0.102. The van der Waals surface area contributed by atoms with Crippen LogP contribution < -0.4 is 0 Å². The van der Waals surface area contributed by atoms with Crippen LogP contribution in [0.15, 0.2) is 72.8 Å². The molecule has 0 fully saturated rings. The van der Waals surface area contributed by atoms with Crippen LogP contribution in [0.25, 0.3) is 0 Å². The summed E-state index contributed by atoms with van der Waals surface area (Å²) in [4.78, 5) is 24.7. The molecule has 0 heterocycles. The fraction of sp³-hybridized carbons (Fsp3) is 0. The molecule has 0 aromatic heterocycles. The molecule has 4 heteroatoms. The number of ketones is 2. The summed E-state index contributed by atoms with van der Waals surface area (Å²) in [7, 11) is 0. The second-order valence-corrected chi connectivity index (χ2v) is 5.66. The molecular weight excluding hydrogens is 327 g/mol. The SMILES string of the molecule is O=C(c1ccc(Cl)cc1)c1ccc(C(=O)c2ccccc2F)cc1. The third-order valence-electron chi connectivity index (χ3n) is 3.63. The standard InChI is InChI=1S/C20H12ClFO2/c21-16-11-9-14(10-12-16)19(23)13-5-7-15(8-6-13)20(24)17-3-1-2-4-18(17)22/h1-12H. The topological polar surface area (TPSA) is 34.1 Å². The zero-order valence-electron chi connectivity index (χ0n) is 12.5. The van der Waals surface area contributed by atoms with Crippen molar-refractivity contribution in [2.45, 2.75) is 0 Å². The van der Waals surface area contributed by atoms with Crippen LogP contribution in [0.2, 0.25) is 5.02 Å². The van der Waals surface area contributed by atoms with Crippen molar-refractivity contribution in [1.29, 1.82) is 0 Å². The number of carbonyl (C=O) groups is 2. The van der Waals surface area contributed by atoms with Crippen LogP contribution in [0, 0.1) is 5.82 Å². The predicted octanol–water partition coefficient (Wildman–Crippen LogP) is 4.94. The summed E-state index contributed by atoms with van der Waals surface area (Å²) in [6, 6.07) is 18.6. The number of hydrogen-bond acceptors (Lipinski definition) is 2. The maximum absolute atomic E-state index is 13.7. The highest BCUT2D eigenvalue weighted by molar-refractivity contribution is 6.30. The second-order valence-electron chi connectivity index (χ2n) is 5.22. The first-order chi connectivity index (χ1) is 11.6. The van der Waals surface area contributed by atoms with Crippen LogP contribution in [0.4, 0.5) is 4.39 Å². The molecule has 2 nitrogen and oxygen atoms in total. The van der Waals surface area contributed by atoms with Crippen molar-refractivity contribution in [2.24, 2.45) is 0 Å². The highest BCUT2D eigenvalue weighted by atomic mass is 35.5. The Morgan fingerprint density at radius 3 is 1.67 bits per heavy atom. The molecule has 0 atom stereocenters. The fourth-order valence-electron chi connectivity index (χ4n) is 2.34. The van der Waals surface area contributed by atoms with Gasteiger partial charge in [-0.15, -0.1) is 0 Å². The average molecular weight is 339 g/mol. The molecule has 0 aliphatic heterocycles. The Morgan fingerprint density at radius 2 is 1.12 bits per heavy atom. The van der Waals surface area contributed by atoms with Crippen LogP contribution in [0.3, 0.4) is 0 Å². The van der Waals surface area contributed by atoms with Crippen molar-refractivity contribution < 1.29 is 14.0 Å². The van der Waals surface area contributed by atoms with Crippen LogP contribution >= 0.6 is 11.6 Å². The van der Waals surface area contributed by atoms with Gasteiger partial charge in [-0.2, -0.15) is 0 Å². The third kappa shape index (κ3) is 3.26. The number of benzene rings is 3. The summed E-state index contributed by atoms with van der Waals surface area (Å²) in [6.45, 7) is 0. The van der Waals surface area contributed by atoms with Gasteiger partial charge in [-0.05, 0) is 36.4 Å². The first-order valence-electron chi connectivity index (χ1n) is 7.26. The van der Waals surface area contributed by atoms with Crippen molar-refractivity contribution in [2.75, 3.05) is 0 Å². The summed E-state index contributed by atoms with van der Waals surface area (Å²) in [5.74, 6) is -1.15. The van der Waals surface area contributed by atoms with Gasteiger partial charge in [0.1, 0.15) is 5.82 Å². The van der Waals surface area contributed by atoms with E-state index in [1.165, 1.54) is 30.3 Å². The Bertz CT molecular complexity index is 900. The highest BCUT2D eigenvalue weighted by Gasteiger charge is 2.15. The lowest BCUT2D eigenvalue weighted by Crippen LogP contribution is -2.06. The van der Waals surface area contributed by atoms with Crippen LogP contribution in [0.5, 0.6) is 0 Å². The van der Waals surface area contributed by atoms with Gasteiger partial charge in [0.25, 0.3) is 0 Å². The lowest BCUT2D eigenvalue weighted by atomic mass is 9.98. The van der Waals surface area contributed by atoms with Gasteiger partial charge in [0.2, 0.25) is 0 Å². The van der Waals surface area contributed by atoms with Crippen LogP contribution in [-0.2, 0) is 0 Å². The molecule has 118 valence electrons. The van der Waals surface area contributed by atoms with Gasteiger partial charge in [-0.1, -0.05) is 48.0 Å². The smallest absolute Gasteiger partial charge is 0.195 e. The van der Waals surface area contributed by atoms with Gasteiger partial charge in [0.05, 0.1) is 5.56 Å². The van der Waals surface area contributed by atoms with E-state index in [1.54, 1.807) is 42.5 Å². The van der Waals surface area contributed by atoms with E-state index in [4.69, 9.17) is 11.6 Å². The second kappa shape index (κ2) is 6.77. The summed E-state index contributed by atoms with van der Waals surface area (Å²) in [5, 5.41) is 0.553. The van der Waals surface area contributed by atoms with Gasteiger partial charge < -0.3 is 0 Å². The third-order valence-corrected chi connectivity index (χ3v) is 3.89. The van der Waals surface area contributed by atoms with E-state index < -0.39 is 11.6 Å². The van der Waals surface area contributed by atoms with Gasteiger partial charge in [0, 0.05) is 21.7 Å². The molecule has 0 unspecified atom stereocenters. The Hall–Kier alpha value is -2.78. The first kappa shape index (κ1) is 16.1. The Kier molecular flexibility index (Phi) is 4.54. The number of halogens is 2. The van der Waals surface area contributed by atoms with Crippen molar-refractivity contribution in [1.82, 2.24) is 0 Å². The minimum Gasteiger partial charge on any atom is -0.289 e. The predicted molar refractivity (Wildman–Crippen MR) is 91.2 cm³/mol. The molecular formula is C20H12ClFO2.